The summed E-state index contributed by atoms with van der Waals surface area (Å²) in [4.78, 5) is 16.3. The van der Waals surface area contributed by atoms with Crippen molar-refractivity contribution in [2.45, 2.75) is 58.8 Å². The molecule has 136 valence electrons. The minimum atomic E-state index is 0.197. The van der Waals surface area contributed by atoms with Gasteiger partial charge in [-0.25, -0.2) is 0 Å². The van der Waals surface area contributed by atoms with Crippen molar-refractivity contribution in [3.05, 3.63) is 47.8 Å². The second-order valence-corrected chi connectivity index (χ2v) is 9.46. The topological polar surface area (TPSA) is 30.0 Å². The average molecular weight is 349 g/mol. The maximum Gasteiger partial charge on any atom is 0.136 e. The first-order valence-corrected chi connectivity index (χ1v) is 10.3. The number of aromatic nitrogens is 1. The third kappa shape index (κ3) is 2.17. The molecule has 0 spiro atoms. The summed E-state index contributed by atoms with van der Waals surface area (Å²) in [7, 11) is 0. The monoisotopic (exact) mass is 348 g/mol. The van der Waals surface area contributed by atoms with Gasteiger partial charge in [-0.15, -0.1) is 0 Å². The molecule has 2 saturated carbocycles. The van der Waals surface area contributed by atoms with E-state index in [1.54, 1.807) is 6.20 Å². The van der Waals surface area contributed by atoms with Crippen LogP contribution in [0.4, 0.5) is 0 Å². The molecule has 1 heterocycles. The number of carbonyl (C=O) groups is 1. The molecular formula is C24H29NO. The molecule has 26 heavy (non-hydrogen) atoms. The molecular weight excluding hydrogens is 318 g/mol. The van der Waals surface area contributed by atoms with Crippen LogP contribution < -0.4 is 0 Å². The number of rotatable bonds is 1. The lowest BCUT2D eigenvalue weighted by Crippen LogP contribution is -2.49. The number of hydrogen-bond acceptors (Lipinski definition) is 2. The van der Waals surface area contributed by atoms with Gasteiger partial charge in [0.25, 0.3) is 0 Å². The first-order chi connectivity index (χ1) is 12.9. The average Bonchev–Trinajstić information content (AvgIpc) is 2.99. The van der Waals surface area contributed by atoms with Gasteiger partial charge >= 0.3 is 0 Å². The zero-order chi connectivity index (χ0) is 18.8. The second-order valence-electron chi connectivity index (χ2n) is 9.46. The van der Waals surface area contributed by atoms with Crippen LogP contribution in [0.1, 0.15) is 65.7 Å². The van der Waals surface area contributed by atoms with Gasteiger partial charge in [0.15, 0.2) is 0 Å². The van der Waals surface area contributed by atoms with Crippen molar-refractivity contribution in [1.82, 2.24) is 4.98 Å². The van der Waals surface area contributed by atoms with Gasteiger partial charge in [-0.2, -0.15) is 0 Å². The van der Waals surface area contributed by atoms with E-state index in [4.69, 9.17) is 1.37 Å². The maximum absolute atomic E-state index is 12.0. The van der Waals surface area contributed by atoms with Crippen LogP contribution in [-0.4, -0.2) is 10.8 Å². The molecule has 2 nitrogen and oxygen atoms in total. The summed E-state index contributed by atoms with van der Waals surface area (Å²) in [5, 5.41) is 0. The fourth-order valence-corrected chi connectivity index (χ4v) is 6.96. The molecule has 2 fully saturated rings. The Balaban J connectivity index is 1.48. The SMILES string of the molecule is [2H]c1cncc(C2=CCC3C4CC=C5CC(=O)CC[C@]5(C)C4CC[C@]23C)c1. The Morgan fingerprint density at radius 1 is 1.15 bits per heavy atom. The summed E-state index contributed by atoms with van der Waals surface area (Å²) in [5.41, 5.74) is 4.45. The smallest absolute Gasteiger partial charge is 0.136 e. The summed E-state index contributed by atoms with van der Waals surface area (Å²) < 4.78 is 7.96. The van der Waals surface area contributed by atoms with Gasteiger partial charge < -0.3 is 0 Å². The van der Waals surface area contributed by atoms with Crippen LogP contribution in [0, 0.1) is 28.6 Å². The lowest BCUT2D eigenvalue weighted by molar-refractivity contribution is -0.122. The molecule has 2 heteroatoms. The lowest BCUT2D eigenvalue weighted by Gasteiger charge is -2.57. The van der Waals surface area contributed by atoms with Crippen molar-refractivity contribution in [1.29, 1.82) is 0 Å². The Hall–Kier alpha value is -1.70. The molecule has 4 aliphatic carbocycles. The third-order valence-corrected chi connectivity index (χ3v) is 8.43. The molecule has 0 amide bonds. The summed E-state index contributed by atoms with van der Waals surface area (Å²) in [6.45, 7) is 4.90. The van der Waals surface area contributed by atoms with Gasteiger partial charge in [-0.05, 0) is 77.9 Å². The number of ketones is 1. The van der Waals surface area contributed by atoms with E-state index in [0.29, 0.717) is 30.1 Å². The van der Waals surface area contributed by atoms with Crippen molar-refractivity contribution in [3.8, 4) is 0 Å². The van der Waals surface area contributed by atoms with Crippen LogP contribution in [0.15, 0.2) is 42.2 Å². The summed E-state index contributed by atoms with van der Waals surface area (Å²) in [5.74, 6) is 2.54. The van der Waals surface area contributed by atoms with Gasteiger partial charge in [0.2, 0.25) is 0 Å². The molecule has 0 saturated heterocycles. The van der Waals surface area contributed by atoms with Crippen molar-refractivity contribution in [2.24, 2.45) is 28.6 Å². The van der Waals surface area contributed by atoms with Crippen molar-refractivity contribution in [3.63, 3.8) is 0 Å². The van der Waals surface area contributed by atoms with E-state index >= 15 is 0 Å². The molecule has 0 bridgehead atoms. The zero-order valence-electron chi connectivity index (χ0n) is 16.9. The Kier molecular flexibility index (Phi) is 3.34. The standard InChI is InChI=1S/C24H29NO/c1-23-11-9-18(26)14-17(23)5-6-19-21-8-7-20(16-4-3-13-25-15-16)24(21,2)12-10-22(19)23/h3-5,7,13,15,19,21-22H,6,8-12,14H2,1-2H3/t19?,21?,22?,23-,24+/m0/s1/i3D. The minimum Gasteiger partial charge on any atom is -0.299 e. The fourth-order valence-electron chi connectivity index (χ4n) is 6.96. The Morgan fingerprint density at radius 3 is 2.88 bits per heavy atom. The van der Waals surface area contributed by atoms with E-state index in [1.807, 2.05) is 12.3 Å². The predicted octanol–water partition coefficient (Wildman–Crippen LogP) is 5.61. The number of pyridine rings is 1. The van der Waals surface area contributed by atoms with E-state index in [1.165, 1.54) is 24.0 Å². The van der Waals surface area contributed by atoms with Crippen LogP contribution in [0.2, 0.25) is 0 Å². The molecule has 0 N–H and O–H groups in total. The number of nitrogens with zero attached hydrogens (tertiary/aromatic N) is 1. The zero-order valence-corrected chi connectivity index (χ0v) is 15.9. The van der Waals surface area contributed by atoms with Gasteiger partial charge in [0, 0.05) is 25.2 Å². The molecule has 0 radical (unpaired) electrons. The number of fused-ring (bicyclic) bond motifs is 5. The highest BCUT2D eigenvalue weighted by molar-refractivity contribution is 5.82. The first-order valence-electron chi connectivity index (χ1n) is 10.8. The quantitative estimate of drug-likeness (QED) is 0.618. The highest BCUT2D eigenvalue weighted by Gasteiger charge is 2.56. The van der Waals surface area contributed by atoms with Gasteiger partial charge in [0.1, 0.15) is 5.78 Å². The summed E-state index contributed by atoms with van der Waals surface area (Å²) in [6.07, 6.45) is 15.7. The minimum absolute atomic E-state index is 0.197. The maximum atomic E-state index is 12.0. The van der Waals surface area contributed by atoms with Gasteiger partial charge in [-0.3, -0.25) is 9.78 Å². The van der Waals surface area contributed by atoms with E-state index in [9.17, 15) is 4.79 Å². The highest BCUT2D eigenvalue weighted by Crippen LogP contribution is 2.66. The Labute approximate surface area is 158 Å². The van der Waals surface area contributed by atoms with E-state index in [2.05, 4.69) is 31.0 Å². The molecule has 3 unspecified atom stereocenters. The summed E-state index contributed by atoms with van der Waals surface area (Å²) >= 11 is 0. The predicted molar refractivity (Wildman–Crippen MR) is 104 cm³/mol. The van der Waals surface area contributed by atoms with Crippen LogP contribution in [0.5, 0.6) is 0 Å². The van der Waals surface area contributed by atoms with E-state index in [0.717, 1.165) is 37.2 Å². The van der Waals surface area contributed by atoms with Crippen LogP contribution in [0.25, 0.3) is 5.57 Å². The van der Waals surface area contributed by atoms with E-state index < -0.39 is 0 Å². The molecule has 0 aromatic carbocycles. The Morgan fingerprint density at radius 2 is 2.04 bits per heavy atom. The van der Waals surface area contributed by atoms with Crippen LogP contribution >= 0.6 is 0 Å². The van der Waals surface area contributed by atoms with Crippen molar-refractivity contribution in [2.75, 3.05) is 0 Å². The molecule has 4 aliphatic rings. The number of carbonyl (C=O) groups excluding carboxylic acids is 1. The molecule has 1 aromatic rings. The molecule has 1 aromatic heterocycles. The molecule has 0 aliphatic heterocycles. The van der Waals surface area contributed by atoms with Crippen LogP contribution in [0.3, 0.4) is 0 Å². The summed E-state index contributed by atoms with van der Waals surface area (Å²) in [6, 6.07) is 2.48. The highest BCUT2D eigenvalue weighted by atomic mass is 16.1. The molecule has 5 rings (SSSR count). The number of Topliss-reactive ketones (excluding diaryl/α,β-unsaturated/α-hetero) is 1. The largest absolute Gasteiger partial charge is 0.299 e. The first kappa shape index (κ1) is 15.4. The Bertz CT molecular complexity index is 871. The number of hydrogen-bond donors (Lipinski definition) is 0. The van der Waals surface area contributed by atoms with E-state index in [-0.39, 0.29) is 10.8 Å². The van der Waals surface area contributed by atoms with Crippen molar-refractivity contribution < 1.29 is 6.17 Å². The second kappa shape index (κ2) is 5.65. The van der Waals surface area contributed by atoms with Crippen LogP contribution in [-0.2, 0) is 4.79 Å². The fraction of sp³-hybridized carbons (Fsp3) is 0.583. The third-order valence-electron chi connectivity index (χ3n) is 8.43. The normalized spacial score (nSPS) is 42.2. The lowest BCUT2D eigenvalue weighted by atomic mass is 9.47. The number of allylic oxidation sites excluding steroid dienone is 4. The van der Waals surface area contributed by atoms with Gasteiger partial charge in [-0.1, -0.05) is 37.6 Å². The molecule has 5 atom stereocenters. The van der Waals surface area contributed by atoms with Gasteiger partial charge in [0.05, 0.1) is 1.37 Å². The van der Waals surface area contributed by atoms with Crippen molar-refractivity contribution >= 4 is 11.4 Å².